The Hall–Kier alpha value is -1.58. The highest BCUT2D eigenvalue weighted by molar-refractivity contribution is 9.10. The van der Waals surface area contributed by atoms with Gasteiger partial charge in [-0.15, -0.1) is 0 Å². The fourth-order valence-corrected chi connectivity index (χ4v) is 2.82. The molecule has 3 heteroatoms. The maximum absolute atomic E-state index is 5.94. The van der Waals surface area contributed by atoms with Gasteiger partial charge in [0.05, 0.1) is 6.54 Å². The molecule has 2 nitrogen and oxygen atoms in total. The molecule has 0 saturated heterocycles. The molecule has 0 spiro atoms. The van der Waals surface area contributed by atoms with Crippen LogP contribution >= 0.6 is 15.9 Å². The summed E-state index contributed by atoms with van der Waals surface area (Å²) in [7, 11) is 0. The number of benzene rings is 2. The molecule has 102 valence electrons. The zero-order valence-electron chi connectivity index (χ0n) is 11.3. The van der Waals surface area contributed by atoms with Crippen molar-refractivity contribution in [1.82, 2.24) is 5.32 Å². The summed E-state index contributed by atoms with van der Waals surface area (Å²) in [5, 5.41) is 5.68. The molecule has 20 heavy (non-hydrogen) atoms. The monoisotopic (exact) mass is 329 g/mol. The lowest BCUT2D eigenvalue weighted by molar-refractivity contribution is 0.499. The van der Waals surface area contributed by atoms with E-state index >= 15 is 0 Å². The van der Waals surface area contributed by atoms with Crippen molar-refractivity contribution in [3.8, 4) is 11.3 Å². The van der Waals surface area contributed by atoms with E-state index in [1.807, 2.05) is 12.1 Å². The summed E-state index contributed by atoms with van der Waals surface area (Å²) in [6.45, 7) is 3.80. The Bertz CT molecular complexity index is 733. The van der Waals surface area contributed by atoms with E-state index in [4.69, 9.17) is 4.42 Å². The Morgan fingerprint density at radius 2 is 1.80 bits per heavy atom. The van der Waals surface area contributed by atoms with Gasteiger partial charge >= 0.3 is 0 Å². The van der Waals surface area contributed by atoms with E-state index < -0.39 is 0 Å². The van der Waals surface area contributed by atoms with Crippen LogP contribution in [0.15, 0.2) is 57.4 Å². The summed E-state index contributed by atoms with van der Waals surface area (Å²) in [4.78, 5) is 0. The Balaban J connectivity index is 2.06. The second-order valence-electron chi connectivity index (χ2n) is 4.69. The molecule has 0 saturated carbocycles. The summed E-state index contributed by atoms with van der Waals surface area (Å²) in [5.41, 5.74) is 1.13. The predicted octanol–water partition coefficient (Wildman–Crippen LogP) is 4.97. The normalized spacial score (nSPS) is 11.1. The summed E-state index contributed by atoms with van der Waals surface area (Å²) >= 11 is 3.60. The molecule has 0 aliphatic carbocycles. The second kappa shape index (κ2) is 5.81. The van der Waals surface area contributed by atoms with Gasteiger partial charge in [0.15, 0.2) is 0 Å². The van der Waals surface area contributed by atoms with Crippen molar-refractivity contribution in [3.63, 3.8) is 0 Å². The van der Waals surface area contributed by atoms with Crippen LogP contribution in [0.5, 0.6) is 0 Å². The highest BCUT2D eigenvalue weighted by Crippen LogP contribution is 2.33. The molecule has 0 atom stereocenters. The van der Waals surface area contributed by atoms with Crippen molar-refractivity contribution in [2.24, 2.45) is 0 Å². The molecule has 1 aromatic heterocycles. The summed E-state index contributed by atoms with van der Waals surface area (Å²) in [5.74, 6) is 1.88. The largest absolute Gasteiger partial charge is 0.460 e. The van der Waals surface area contributed by atoms with Gasteiger partial charge < -0.3 is 9.73 Å². The molecule has 2 aromatic carbocycles. The van der Waals surface area contributed by atoms with Gasteiger partial charge in [-0.25, -0.2) is 0 Å². The Morgan fingerprint density at radius 1 is 1.00 bits per heavy atom. The molecular formula is C17H16BrNO. The van der Waals surface area contributed by atoms with E-state index in [-0.39, 0.29) is 0 Å². The van der Waals surface area contributed by atoms with Crippen LogP contribution in [0, 0.1) is 0 Å². The van der Waals surface area contributed by atoms with Crippen molar-refractivity contribution in [2.45, 2.75) is 13.5 Å². The SMILES string of the molecule is CCNCc1ccc(-c2ccc(Br)c3ccccc23)o1. The number of nitrogens with one attached hydrogen (secondary N) is 1. The number of fused-ring (bicyclic) bond motifs is 1. The van der Waals surface area contributed by atoms with Crippen LogP contribution in [0.25, 0.3) is 22.1 Å². The fraction of sp³-hybridized carbons (Fsp3) is 0.176. The van der Waals surface area contributed by atoms with Gasteiger partial charge in [-0.3, -0.25) is 0 Å². The predicted molar refractivity (Wildman–Crippen MR) is 86.7 cm³/mol. The fourth-order valence-electron chi connectivity index (χ4n) is 2.34. The van der Waals surface area contributed by atoms with E-state index in [0.29, 0.717) is 0 Å². The third-order valence-corrected chi connectivity index (χ3v) is 4.04. The molecule has 0 fully saturated rings. The van der Waals surface area contributed by atoms with Crippen molar-refractivity contribution in [3.05, 3.63) is 58.8 Å². The van der Waals surface area contributed by atoms with Crippen LogP contribution < -0.4 is 5.32 Å². The van der Waals surface area contributed by atoms with E-state index in [9.17, 15) is 0 Å². The average molecular weight is 330 g/mol. The first-order valence-corrected chi connectivity index (χ1v) is 7.56. The van der Waals surface area contributed by atoms with Crippen LogP contribution in [-0.2, 0) is 6.54 Å². The van der Waals surface area contributed by atoms with Gasteiger partial charge in [0.25, 0.3) is 0 Å². The van der Waals surface area contributed by atoms with Crippen molar-refractivity contribution in [1.29, 1.82) is 0 Å². The van der Waals surface area contributed by atoms with E-state index in [1.165, 1.54) is 10.8 Å². The van der Waals surface area contributed by atoms with Crippen LogP contribution in [0.4, 0.5) is 0 Å². The molecule has 0 aliphatic rings. The standard InChI is InChI=1S/C17H16BrNO/c1-2-19-11-12-7-10-17(20-12)15-8-9-16(18)14-6-4-3-5-13(14)15/h3-10,19H,2,11H2,1H3. The molecule has 0 bridgehead atoms. The molecule has 3 rings (SSSR count). The molecule has 1 heterocycles. The van der Waals surface area contributed by atoms with Gasteiger partial charge in [-0.05, 0) is 41.6 Å². The third-order valence-electron chi connectivity index (χ3n) is 3.35. The minimum atomic E-state index is 0.769. The minimum Gasteiger partial charge on any atom is -0.460 e. The van der Waals surface area contributed by atoms with Crippen molar-refractivity contribution < 1.29 is 4.42 Å². The molecular weight excluding hydrogens is 314 g/mol. The maximum atomic E-state index is 5.94. The first-order chi connectivity index (χ1) is 9.79. The smallest absolute Gasteiger partial charge is 0.134 e. The molecule has 0 amide bonds. The van der Waals surface area contributed by atoms with E-state index in [2.05, 4.69) is 64.6 Å². The van der Waals surface area contributed by atoms with Crippen molar-refractivity contribution in [2.75, 3.05) is 6.54 Å². The van der Waals surface area contributed by atoms with Crippen molar-refractivity contribution >= 4 is 26.7 Å². The summed E-state index contributed by atoms with van der Waals surface area (Å²) in [6, 6.07) is 16.6. The number of furan rings is 1. The lowest BCUT2D eigenvalue weighted by Crippen LogP contribution is -2.10. The van der Waals surface area contributed by atoms with Gasteiger partial charge in [0.2, 0.25) is 0 Å². The van der Waals surface area contributed by atoms with Gasteiger partial charge in [-0.1, -0.05) is 47.1 Å². The second-order valence-corrected chi connectivity index (χ2v) is 5.54. The summed E-state index contributed by atoms with van der Waals surface area (Å²) < 4.78 is 7.05. The highest BCUT2D eigenvalue weighted by atomic mass is 79.9. The topological polar surface area (TPSA) is 25.2 Å². The third kappa shape index (κ3) is 2.51. The van der Waals surface area contributed by atoms with E-state index in [0.717, 1.165) is 34.6 Å². The number of halogens is 1. The maximum Gasteiger partial charge on any atom is 0.134 e. The molecule has 0 aliphatic heterocycles. The lowest BCUT2D eigenvalue weighted by Gasteiger charge is -2.06. The first kappa shape index (κ1) is 13.4. The molecule has 3 aromatic rings. The molecule has 0 unspecified atom stereocenters. The molecule has 0 radical (unpaired) electrons. The lowest BCUT2D eigenvalue weighted by atomic mass is 10.0. The zero-order chi connectivity index (χ0) is 13.9. The first-order valence-electron chi connectivity index (χ1n) is 6.76. The number of hydrogen-bond acceptors (Lipinski definition) is 2. The Labute approximate surface area is 126 Å². The van der Waals surface area contributed by atoms with Gasteiger partial charge in [0, 0.05) is 10.0 Å². The van der Waals surface area contributed by atoms with E-state index in [1.54, 1.807) is 0 Å². The van der Waals surface area contributed by atoms with Crippen LogP contribution in [-0.4, -0.2) is 6.54 Å². The van der Waals surface area contributed by atoms with Crippen LogP contribution in [0.2, 0.25) is 0 Å². The number of hydrogen-bond donors (Lipinski definition) is 1. The van der Waals surface area contributed by atoms with Crippen LogP contribution in [0.1, 0.15) is 12.7 Å². The molecule has 1 N–H and O–H groups in total. The summed E-state index contributed by atoms with van der Waals surface area (Å²) in [6.07, 6.45) is 0. The van der Waals surface area contributed by atoms with Crippen LogP contribution in [0.3, 0.4) is 0 Å². The van der Waals surface area contributed by atoms with Gasteiger partial charge in [0.1, 0.15) is 11.5 Å². The average Bonchev–Trinajstić information content (AvgIpc) is 2.94. The Kier molecular flexibility index (Phi) is 3.90. The quantitative estimate of drug-likeness (QED) is 0.730. The number of rotatable bonds is 4. The Morgan fingerprint density at radius 3 is 2.60 bits per heavy atom. The minimum absolute atomic E-state index is 0.769. The van der Waals surface area contributed by atoms with Gasteiger partial charge in [-0.2, -0.15) is 0 Å². The zero-order valence-corrected chi connectivity index (χ0v) is 12.9. The highest BCUT2D eigenvalue weighted by Gasteiger charge is 2.09.